The third-order valence-corrected chi connectivity index (χ3v) is 7.25. The van der Waals surface area contributed by atoms with Gasteiger partial charge in [0.1, 0.15) is 0 Å². The average molecular weight is 533 g/mol. The van der Waals surface area contributed by atoms with Crippen molar-refractivity contribution in [3.63, 3.8) is 0 Å². The van der Waals surface area contributed by atoms with Gasteiger partial charge in [-0.15, -0.1) is 0 Å². The van der Waals surface area contributed by atoms with E-state index in [1.807, 2.05) is 0 Å². The van der Waals surface area contributed by atoms with Crippen LogP contribution in [0.15, 0.2) is 22.1 Å². The van der Waals surface area contributed by atoms with Crippen LogP contribution >= 0.6 is 0 Å². The molecule has 0 atom stereocenters. The molecule has 3 aliphatic rings. The van der Waals surface area contributed by atoms with E-state index < -0.39 is 0 Å². The van der Waals surface area contributed by atoms with Crippen molar-refractivity contribution in [2.24, 2.45) is 9.98 Å². The molecule has 0 saturated heterocycles. The van der Waals surface area contributed by atoms with Crippen LogP contribution in [0.25, 0.3) is 0 Å². The van der Waals surface area contributed by atoms with Crippen LogP contribution in [-0.4, -0.2) is 59.1 Å². The van der Waals surface area contributed by atoms with Crippen LogP contribution in [0.5, 0.6) is 11.5 Å². The summed E-state index contributed by atoms with van der Waals surface area (Å²) >= 11 is 3.40. The number of nitrogens with one attached hydrogen (secondary N) is 1. The Hall–Kier alpha value is -0.724. The number of aryl methyl sites for hydroxylation is 2. The van der Waals surface area contributed by atoms with Gasteiger partial charge in [-0.25, -0.2) is 0 Å². The molecule has 1 N–H and O–H groups in total. The molecule has 118 valence electrons. The Labute approximate surface area is 167 Å². The van der Waals surface area contributed by atoms with Gasteiger partial charge in [0.15, 0.2) is 0 Å². The molecular formula is C18H15N3OSb2. The van der Waals surface area contributed by atoms with Crippen molar-refractivity contribution in [3.8, 4) is 11.5 Å². The molecule has 0 amide bonds. The van der Waals surface area contributed by atoms with Crippen LogP contribution in [0.4, 0.5) is 11.4 Å². The standard InChI is InChI=1S/C18H15N3O.2Sb/c1-3-11-7-15-17(9-13(11)19-5-1)22-18-10-14-12(4-2-6-20-14)8-16(18)21-15;;/h7-8,19H,1-6H2;;. The Bertz CT molecular complexity index is 1000. The maximum absolute atomic E-state index is 6.40. The van der Waals surface area contributed by atoms with E-state index in [0.717, 1.165) is 60.3 Å². The van der Waals surface area contributed by atoms with Crippen LogP contribution in [0.2, 0.25) is 0 Å². The van der Waals surface area contributed by atoms with Crippen LogP contribution in [0.1, 0.15) is 24.0 Å². The van der Waals surface area contributed by atoms with Crippen molar-refractivity contribution < 1.29 is 4.74 Å². The molecule has 6 heteroatoms. The van der Waals surface area contributed by atoms with E-state index in [-0.39, 0.29) is 0 Å². The number of rotatable bonds is 0. The molecule has 4 nitrogen and oxygen atoms in total. The van der Waals surface area contributed by atoms with E-state index in [2.05, 4.69) is 17.4 Å². The van der Waals surface area contributed by atoms with Gasteiger partial charge in [-0.05, 0) is 0 Å². The third-order valence-electron chi connectivity index (χ3n) is 4.85. The van der Waals surface area contributed by atoms with E-state index in [1.54, 1.807) is 46.0 Å². The Morgan fingerprint density at radius 3 is 2.79 bits per heavy atom. The second-order valence-electron chi connectivity index (χ2n) is 6.42. The zero-order valence-corrected chi connectivity index (χ0v) is 18.2. The average Bonchev–Trinajstić information content (AvgIpc) is 2.61. The Kier molecular flexibility index (Phi) is 3.83. The van der Waals surface area contributed by atoms with Gasteiger partial charge in [0, 0.05) is 0 Å². The molecule has 0 saturated carbocycles. The SMILES string of the molecule is [Sb][c]1c2c(cc3c1Oc1[c]([Sb])c4c(cc1=N3)CCCN=4)CCCN2. The second kappa shape index (κ2) is 5.92. The predicted octanol–water partition coefficient (Wildman–Crippen LogP) is 0.255. The van der Waals surface area contributed by atoms with Gasteiger partial charge >= 0.3 is 169 Å². The van der Waals surface area contributed by atoms with Crippen molar-refractivity contribution in [1.82, 2.24) is 0 Å². The van der Waals surface area contributed by atoms with Gasteiger partial charge in [0.05, 0.1) is 0 Å². The van der Waals surface area contributed by atoms with Crippen molar-refractivity contribution in [2.75, 3.05) is 18.4 Å². The normalized spacial score (nSPS) is 17.1. The molecule has 0 bridgehead atoms. The molecular weight excluding hydrogens is 518 g/mol. The molecule has 0 spiro atoms. The monoisotopic (exact) mass is 531 g/mol. The van der Waals surface area contributed by atoms with Gasteiger partial charge in [-0.2, -0.15) is 0 Å². The van der Waals surface area contributed by atoms with Crippen LogP contribution in [-0.2, 0) is 12.8 Å². The van der Waals surface area contributed by atoms with Crippen LogP contribution < -0.4 is 27.8 Å². The fourth-order valence-electron chi connectivity index (χ4n) is 3.68. The summed E-state index contributed by atoms with van der Waals surface area (Å²) in [4.78, 5) is 9.70. The topological polar surface area (TPSA) is 46.0 Å². The van der Waals surface area contributed by atoms with Gasteiger partial charge in [-0.3, -0.25) is 0 Å². The molecule has 5 rings (SSSR count). The molecule has 2 aromatic carbocycles. The summed E-state index contributed by atoms with van der Waals surface area (Å²) in [6.45, 7) is 1.97. The van der Waals surface area contributed by atoms with Crippen molar-refractivity contribution in [3.05, 3.63) is 34.0 Å². The second-order valence-corrected chi connectivity index (χ2v) is 8.97. The van der Waals surface area contributed by atoms with Gasteiger partial charge in [-0.1, -0.05) is 0 Å². The first-order valence-corrected chi connectivity index (χ1v) is 10.9. The first-order valence-electron chi connectivity index (χ1n) is 8.31. The van der Waals surface area contributed by atoms with E-state index >= 15 is 0 Å². The summed E-state index contributed by atoms with van der Waals surface area (Å²) in [5.41, 5.74) is 4.95. The Morgan fingerprint density at radius 1 is 1.00 bits per heavy atom. The Morgan fingerprint density at radius 2 is 1.88 bits per heavy atom. The van der Waals surface area contributed by atoms with Gasteiger partial charge in [0.25, 0.3) is 0 Å². The minimum atomic E-state index is 0.911. The fourth-order valence-corrected chi connectivity index (χ4v) is 5.84. The molecule has 0 fully saturated rings. The Balaban J connectivity index is 1.78. The van der Waals surface area contributed by atoms with E-state index in [1.165, 1.54) is 30.3 Å². The number of fused-ring (bicyclic) bond motifs is 4. The van der Waals surface area contributed by atoms with Gasteiger partial charge in [0.2, 0.25) is 0 Å². The zero-order chi connectivity index (χ0) is 16.3. The van der Waals surface area contributed by atoms with Gasteiger partial charge < -0.3 is 0 Å². The van der Waals surface area contributed by atoms with E-state index in [9.17, 15) is 0 Å². The van der Waals surface area contributed by atoms with Crippen LogP contribution in [0.3, 0.4) is 0 Å². The number of hydrogen-bond acceptors (Lipinski definition) is 4. The molecule has 3 heterocycles. The summed E-state index contributed by atoms with van der Waals surface area (Å²) in [6.07, 6.45) is 4.54. The molecule has 4 radical (unpaired) electrons. The quantitative estimate of drug-likeness (QED) is 0.422. The number of nitrogens with zero attached hydrogens (tertiary/aromatic N) is 2. The zero-order valence-electron chi connectivity index (χ0n) is 13.1. The number of ether oxygens (including phenoxy) is 1. The molecule has 0 aromatic heterocycles. The molecule has 2 aromatic rings. The molecule has 3 aliphatic heterocycles. The summed E-state index contributed by atoms with van der Waals surface area (Å²) in [6, 6.07) is 4.40. The summed E-state index contributed by atoms with van der Waals surface area (Å²) in [7, 11) is 0. The number of hydrogen-bond donors (Lipinski definition) is 1. The van der Waals surface area contributed by atoms with Crippen molar-refractivity contribution >= 4 is 64.4 Å². The van der Waals surface area contributed by atoms with E-state index in [0.29, 0.717) is 0 Å². The number of benzene rings is 2. The first-order chi connectivity index (χ1) is 11.7. The van der Waals surface area contributed by atoms with Crippen molar-refractivity contribution in [1.29, 1.82) is 0 Å². The number of anilines is 1. The van der Waals surface area contributed by atoms with Crippen molar-refractivity contribution in [2.45, 2.75) is 25.7 Å². The molecule has 0 aliphatic carbocycles. The van der Waals surface area contributed by atoms with Crippen LogP contribution in [0, 0.1) is 0 Å². The third kappa shape index (κ3) is 2.33. The summed E-state index contributed by atoms with van der Waals surface area (Å²) in [5, 5.41) is 5.66. The minimum absolute atomic E-state index is 0.911. The maximum atomic E-state index is 6.40. The first kappa shape index (κ1) is 15.5. The summed E-state index contributed by atoms with van der Waals surface area (Å²) < 4.78 is 8.81. The molecule has 0 unspecified atom stereocenters. The molecule has 24 heavy (non-hydrogen) atoms. The van der Waals surface area contributed by atoms with E-state index in [4.69, 9.17) is 14.7 Å². The fraction of sp³-hybridized carbons (Fsp3) is 0.333. The predicted molar refractivity (Wildman–Crippen MR) is 95.7 cm³/mol. The summed E-state index contributed by atoms with van der Waals surface area (Å²) in [5.74, 6) is 1.84.